The molecule has 2 rings (SSSR count). The highest BCUT2D eigenvalue weighted by Gasteiger charge is 2.38. The van der Waals surface area contributed by atoms with Gasteiger partial charge in [0.25, 0.3) is 0 Å². The summed E-state index contributed by atoms with van der Waals surface area (Å²) >= 11 is 0.378. The van der Waals surface area contributed by atoms with Crippen molar-refractivity contribution in [1.29, 1.82) is 0 Å². The second kappa shape index (κ2) is 4.94. The largest absolute Gasteiger partial charge is 0.443 e. The zero-order valence-electron chi connectivity index (χ0n) is 9.45. The van der Waals surface area contributed by atoms with Crippen LogP contribution in [0.15, 0.2) is 6.20 Å². The quantitative estimate of drug-likeness (QED) is 0.854. The van der Waals surface area contributed by atoms with Crippen molar-refractivity contribution in [2.75, 3.05) is 20.3 Å². The highest BCUT2D eigenvalue weighted by molar-refractivity contribution is 7.13. The van der Waals surface area contributed by atoms with E-state index in [2.05, 4.69) is 10.3 Å². The number of ketones is 1. The molecule has 1 N–H and O–H groups in total. The summed E-state index contributed by atoms with van der Waals surface area (Å²) in [6.07, 6.45) is -3.52. The number of halogens is 3. The van der Waals surface area contributed by atoms with Gasteiger partial charge in [-0.2, -0.15) is 13.2 Å². The Morgan fingerprint density at radius 2 is 2.28 bits per heavy atom. The fourth-order valence-electron chi connectivity index (χ4n) is 1.80. The minimum atomic E-state index is -4.50. The molecule has 2 atom stereocenters. The van der Waals surface area contributed by atoms with Crippen LogP contribution in [0.3, 0.4) is 0 Å². The molecular formula is C10H11F3N2O2S. The smallest absolute Gasteiger partial charge is 0.379 e. The average Bonchev–Trinajstić information content (AvgIpc) is 2.96. The number of aromatic nitrogens is 1. The summed E-state index contributed by atoms with van der Waals surface area (Å²) in [6, 6.07) is -0.158. The molecule has 1 saturated heterocycles. The minimum Gasteiger partial charge on any atom is -0.379 e. The van der Waals surface area contributed by atoms with Crippen LogP contribution in [-0.4, -0.2) is 37.1 Å². The van der Waals surface area contributed by atoms with E-state index in [0.717, 1.165) is 6.20 Å². The Labute approximate surface area is 105 Å². The number of alkyl halides is 3. The third-order valence-corrected chi connectivity index (χ3v) is 3.84. The summed E-state index contributed by atoms with van der Waals surface area (Å²) in [7, 11) is 1.69. The molecule has 1 fully saturated rings. The molecule has 1 aliphatic rings. The van der Waals surface area contributed by atoms with E-state index in [4.69, 9.17) is 4.74 Å². The van der Waals surface area contributed by atoms with E-state index < -0.39 is 17.1 Å². The van der Waals surface area contributed by atoms with Gasteiger partial charge < -0.3 is 10.1 Å². The number of Topliss-reactive ketones (excluding diaryl/α,β-unsaturated/α-hetero) is 1. The topological polar surface area (TPSA) is 51.2 Å². The van der Waals surface area contributed by atoms with E-state index >= 15 is 0 Å². The Hall–Kier alpha value is -0.990. The van der Waals surface area contributed by atoms with Crippen molar-refractivity contribution in [2.24, 2.45) is 5.92 Å². The van der Waals surface area contributed by atoms with Crippen LogP contribution in [0.4, 0.5) is 13.2 Å². The number of carbonyl (C=O) groups is 1. The van der Waals surface area contributed by atoms with Gasteiger partial charge in [-0.05, 0) is 7.05 Å². The Balaban J connectivity index is 2.16. The highest BCUT2D eigenvalue weighted by Crippen LogP contribution is 2.33. The molecule has 0 spiro atoms. The average molecular weight is 280 g/mol. The maximum absolute atomic E-state index is 12.4. The summed E-state index contributed by atoms with van der Waals surface area (Å²) in [4.78, 5) is 15.3. The number of nitrogens with zero attached hydrogens (tertiary/aromatic N) is 1. The third kappa shape index (κ3) is 2.55. The zero-order valence-corrected chi connectivity index (χ0v) is 10.3. The van der Waals surface area contributed by atoms with E-state index in [9.17, 15) is 18.0 Å². The third-order valence-electron chi connectivity index (χ3n) is 2.78. The number of ether oxygens (including phenoxy) is 1. The van der Waals surface area contributed by atoms with Gasteiger partial charge in [-0.1, -0.05) is 0 Å². The molecule has 0 saturated carbocycles. The normalized spacial score (nSPS) is 24.4. The molecule has 0 bridgehead atoms. The van der Waals surface area contributed by atoms with Crippen molar-refractivity contribution in [1.82, 2.24) is 10.3 Å². The van der Waals surface area contributed by atoms with E-state index in [1.54, 1.807) is 7.05 Å². The van der Waals surface area contributed by atoms with Gasteiger partial charge in [0.05, 0.1) is 24.0 Å². The number of carbonyl (C=O) groups excluding carboxylic acids is 1. The van der Waals surface area contributed by atoms with Crippen LogP contribution in [0.25, 0.3) is 0 Å². The number of hydrogen-bond acceptors (Lipinski definition) is 5. The maximum Gasteiger partial charge on any atom is 0.443 e. The highest BCUT2D eigenvalue weighted by atomic mass is 32.1. The summed E-state index contributed by atoms with van der Waals surface area (Å²) in [5.74, 6) is -0.795. The van der Waals surface area contributed by atoms with E-state index in [1.807, 2.05) is 0 Å². The van der Waals surface area contributed by atoms with Gasteiger partial charge in [0, 0.05) is 12.2 Å². The molecule has 0 aliphatic carbocycles. The molecule has 2 heterocycles. The van der Waals surface area contributed by atoms with Gasteiger partial charge in [0.1, 0.15) is 0 Å². The van der Waals surface area contributed by atoms with Crippen LogP contribution in [0, 0.1) is 5.92 Å². The lowest BCUT2D eigenvalue weighted by molar-refractivity contribution is -0.137. The first-order valence-electron chi connectivity index (χ1n) is 5.25. The van der Waals surface area contributed by atoms with Crippen LogP contribution in [0.1, 0.15) is 14.7 Å². The van der Waals surface area contributed by atoms with E-state index in [-0.39, 0.29) is 23.3 Å². The molecule has 0 radical (unpaired) electrons. The monoisotopic (exact) mass is 280 g/mol. The first-order valence-corrected chi connectivity index (χ1v) is 6.07. The minimum absolute atomic E-state index is 0.0260. The van der Waals surface area contributed by atoms with Crippen LogP contribution >= 0.6 is 11.3 Å². The molecule has 1 aliphatic heterocycles. The van der Waals surface area contributed by atoms with Crippen molar-refractivity contribution in [3.05, 3.63) is 16.1 Å². The number of thiazole rings is 1. The summed E-state index contributed by atoms with van der Waals surface area (Å²) in [5, 5.41) is 1.92. The first kappa shape index (κ1) is 13.4. The summed E-state index contributed by atoms with van der Waals surface area (Å²) in [6.45, 7) is 0.613. The maximum atomic E-state index is 12.4. The van der Waals surface area contributed by atoms with Crippen LogP contribution in [0.5, 0.6) is 0 Å². The Bertz CT molecular complexity index is 447. The second-order valence-corrected chi connectivity index (χ2v) is 4.96. The van der Waals surface area contributed by atoms with Crippen molar-refractivity contribution in [3.8, 4) is 0 Å². The molecule has 100 valence electrons. The molecule has 2 unspecified atom stereocenters. The Kier molecular flexibility index (Phi) is 3.69. The first-order chi connectivity index (χ1) is 8.43. The molecule has 8 heteroatoms. The number of hydrogen-bond donors (Lipinski definition) is 1. The molecular weight excluding hydrogens is 269 g/mol. The standard InChI is InChI=1S/C10H11F3N2O2S/c1-14-6-4-17-3-5(6)8(16)7-2-15-9(18-7)10(11,12)13/h2,5-6,14H,3-4H2,1H3. The lowest BCUT2D eigenvalue weighted by Crippen LogP contribution is -2.36. The molecule has 18 heavy (non-hydrogen) atoms. The number of rotatable bonds is 3. The molecule has 1 aromatic rings. The summed E-state index contributed by atoms with van der Waals surface area (Å²) in [5.41, 5.74) is 0. The molecule has 0 amide bonds. The van der Waals surface area contributed by atoms with Crippen molar-refractivity contribution < 1.29 is 22.7 Å². The molecule has 1 aromatic heterocycles. The van der Waals surface area contributed by atoms with Gasteiger partial charge in [0.2, 0.25) is 0 Å². The Morgan fingerprint density at radius 1 is 1.56 bits per heavy atom. The van der Waals surface area contributed by atoms with Gasteiger partial charge in [-0.15, -0.1) is 11.3 Å². The summed E-state index contributed by atoms with van der Waals surface area (Å²) < 4.78 is 42.3. The van der Waals surface area contributed by atoms with Gasteiger partial charge in [-0.3, -0.25) is 4.79 Å². The van der Waals surface area contributed by atoms with Gasteiger partial charge in [-0.25, -0.2) is 4.98 Å². The second-order valence-electron chi connectivity index (χ2n) is 3.93. The lowest BCUT2D eigenvalue weighted by Gasteiger charge is -2.13. The predicted molar refractivity (Wildman–Crippen MR) is 58.6 cm³/mol. The van der Waals surface area contributed by atoms with Crippen molar-refractivity contribution in [3.63, 3.8) is 0 Å². The van der Waals surface area contributed by atoms with Crippen LogP contribution in [-0.2, 0) is 10.9 Å². The molecule has 4 nitrogen and oxygen atoms in total. The predicted octanol–water partition coefficient (Wildman–Crippen LogP) is 1.58. The van der Waals surface area contributed by atoms with E-state index in [0.29, 0.717) is 17.9 Å². The van der Waals surface area contributed by atoms with Crippen LogP contribution < -0.4 is 5.32 Å². The SMILES string of the molecule is CNC1COCC1C(=O)c1cnc(C(F)(F)F)s1. The van der Waals surface area contributed by atoms with Crippen LogP contribution in [0.2, 0.25) is 0 Å². The Morgan fingerprint density at radius 3 is 2.83 bits per heavy atom. The van der Waals surface area contributed by atoms with Crippen molar-refractivity contribution in [2.45, 2.75) is 12.2 Å². The number of likely N-dealkylation sites (N-methyl/N-ethyl adjacent to an activating group) is 1. The van der Waals surface area contributed by atoms with E-state index in [1.165, 1.54) is 0 Å². The van der Waals surface area contributed by atoms with Crippen molar-refractivity contribution >= 4 is 17.1 Å². The molecule has 0 aromatic carbocycles. The fourth-order valence-corrected chi connectivity index (χ4v) is 2.59. The van der Waals surface area contributed by atoms with Gasteiger partial charge >= 0.3 is 6.18 Å². The fraction of sp³-hybridized carbons (Fsp3) is 0.600. The zero-order chi connectivity index (χ0) is 13.3. The van der Waals surface area contributed by atoms with Gasteiger partial charge in [0.15, 0.2) is 10.8 Å². The lowest BCUT2D eigenvalue weighted by atomic mass is 9.98. The number of nitrogens with one attached hydrogen (secondary N) is 1.